The van der Waals surface area contributed by atoms with Gasteiger partial charge in [-0.25, -0.2) is 4.79 Å². The zero-order valence-corrected chi connectivity index (χ0v) is 16.2. The van der Waals surface area contributed by atoms with E-state index in [0.717, 1.165) is 13.1 Å². The van der Waals surface area contributed by atoms with Crippen LogP contribution in [-0.2, 0) is 4.74 Å². The summed E-state index contributed by atoms with van der Waals surface area (Å²) in [6.45, 7) is 12.1. The smallest absolute Gasteiger partial charge is 0.410 e. The van der Waals surface area contributed by atoms with E-state index in [9.17, 15) is 4.79 Å². The number of likely N-dealkylation sites (tertiary alicyclic amines) is 1. The monoisotopic (exact) mass is 325 g/mol. The van der Waals surface area contributed by atoms with Crippen LogP contribution in [0.5, 0.6) is 0 Å². The quantitative estimate of drug-likeness (QED) is 0.511. The molecule has 1 aliphatic heterocycles. The van der Waals surface area contributed by atoms with Gasteiger partial charge in [0.2, 0.25) is 0 Å². The second kappa shape index (κ2) is 10.2. The third kappa shape index (κ3) is 8.62. The predicted molar refractivity (Wildman–Crippen MR) is 97.7 cm³/mol. The number of hydrogen-bond acceptors (Lipinski definition) is 2. The third-order valence-corrected chi connectivity index (χ3v) is 4.71. The maximum absolute atomic E-state index is 12.5. The van der Waals surface area contributed by atoms with Crippen molar-refractivity contribution in [2.45, 2.75) is 98.0 Å². The van der Waals surface area contributed by atoms with Crippen molar-refractivity contribution >= 4 is 6.09 Å². The summed E-state index contributed by atoms with van der Waals surface area (Å²) in [7, 11) is 0. The van der Waals surface area contributed by atoms with Crippen molar-refractivity contribution in [1.29, 1.82) is 0 Å². The van der Waals surface area contributed by atoms with Gasteiger partial charge in [0.1, 0.15) is 5.60 Å². The molecular weight excluding hydrogens is 286 g/mol. The highest BCUT2D eigenvalue weighted by molar-refractivity contribution is 5.68. The molecule has 0 radical (unpaired) electrons. The van der Waals surface area contributed by atoms with Gasteiger partial charge in [-0.15, -0.1) is 0 Å². The highest BCUT2D eigenvalue weighted by Gasteiger charge is 2.31. The average molecular weight is 326 g/mol. The van der Waals surface area contributed by atoms with E-state index in [1.165, 1.54) is 57.8 Å². The summed E-state index contributed by atoms with van der Waals surface area (Å²) < 4.78 is 5.61. The fraction of sp³-hybridized carbons (Fsp3) is 0.950. The first kappa shape index (κ1) is 20.3. The minimum Gasteiger partial charge on any atom is -0.444 e. The number of unbranched alkanes of at least 4 members (excludes halogenated alkanes) is 4. The van der Waals surface area contributed by atoms with Gasteiger partial charge in [-0.1, -0.05) is 52.4 Å². The van der Waals surface area contributed by atoms with Crippen molar-refractivity contribution in [2.75, 3.05) is 13.1 Å². The molecule has 0 aliphatic carbocycles. The van der Waals surface area contributed by atoms with Crippen LogP contribution in [0.2, 0.25) is 0 Å². The third-order valence-electron chi connectivity index (χ3n) is 4.71. The van der Waals surface area contributed by atoms with Gasteiger partial charge in [0, 0.05) is 13.1 Å². The van der Waals surface area contributed by atoms with Crippen LogP contribution in [0.15, 0.2) is 0 Å². The fourth-order valence-corrected chi connectivity index (χ4v) is 3.58. The van der Waals surface area contributed by atoms with E-state index in [-0.39, 0.29) is 6.09 Å². The van der Waals surface area contributed by atoms with Crippen LogP contribution >= 0.6 is 0 Å². The van der Waals surface area contributed by atoms with Gasteiger partial charge in [0.15, 0.2) is 0 Å². The first-order valence-corrected chi connectivity index (χ1v) is 9.83. The number of ether oxygens (including phenoxy) is 1. The van der Waals surface area contributed by atoms with Crippen LogP contribution in [0, 0.1) is 11.8 Å². The van der Waals surface area contributed by atoms with Crippen LogP contribution in [0.25, 0.3) is 0 Å². The standard InChI is InChI=1S/C20H39NO2/c1-6-8-10-12-17-14-18(13-11-9-7-2)16-21(15-17)19(22)23-20(3,4)5/h17-18H,6-16H2,1-5H3. The van der Waals surface area contributed by atoms with Crippen LogP contribution in [-0.4, -0.2) is 29.7 Å². The number of rotatable bonds is 8. The van der Waals surface area contributed by atoms with E-state index in [2.05, 4.69) is 13.8 Å². The van der Waals surface area contributed by atoms with Gasteiger partial charge in [0.05, 0.1) is 0 Å². The van der Waals surface area contributed by atoms with Crippen LogP contribution in [0.4, 0.5) is 4.79 Å². The lowest BCUT2D eigenvalue weighted by Gasteiger charge is -2.38. The molecule has 1 rings (SSSR count). The van der Waals surface area contributed by atoms with E-state index in [1.807, 2.05) is 25.7 Å². The number of carbonyl (C=O) groups excluding carboxylic acids is 1. The zero-order chi connectivity index (χ0) is 17.3. The zero-order valence-electron chi connectivity index (χ0n) is 16.2. The molecule has 23 heavy (non-hydrogen) atoms. The molecule has 3 nitrogen and oxygen atoms in total. The van der Waals surface area contributed by atoms with Gasteiger partial charge in [-0.05, 0) is 51.9 Å². The Labute approximate surface area is 144 Å². The number of carbonyl (C=O) groups is 1. The maximum Gasteiger partial charge on any atom is 0.410 e. The molecule has 1 aliphatic rings. The Kier molecular flexibility index (Phi) is 9.01. The molecule has 0 aromatic carbocycles. The lowest BCUT2D eigenvalue weighted by atomic mass is 9.83. The molecule has 2 atom stereocenters. The SMILES string of the molecule is CCCCCC1CC(CCCCC)CN(C(=O)OC(C)(C)C)C1. The number of nitrogens with zero attached hydrogens (tertiary/aromatic N) is 1. The van der Waals surface area contributed by atoms with Crippen LogP contribution in [0.3, 0.4) is 0 Å². The Morgan fingerprint density at radius 2 is 1.43 bits per heavy atom. The molecule has 0 saturated carbocycles. The highest BCUT2D eigenvalue weighted by Crippen LogP contribution is 2.30. The lowest BCUT2D eigenvalue weighted by Crippen LogP contribution is -2.46. The van der Waals surface area contributed by atoms with Crippen molar-refractivity contribution in [3.05, 3.63) is 0 Å². The Balaban J connectivity index is 2.58. The minimum atomic E-state index is -0.399. The average Bonchev–Trinajstić information content (AvgIpc) is 2.46. The maximum atomic E-state index is 12.5. The summed E-state index contributed by atoms with van der Waals surface area (Å²) in [6.07, 6.45) is 11.5. The molecule has 0 bridgehead atoms. The molecule has 1 fully saturated rings. The molecule has 1 amide bonds. The number of piperidine rings is 1. The Hall–Kier alpha value is -0.730. The molecule has 1 saturated heterocycles. The Bertz CT molecular complexity index is 317. The van der Waals surface area contributed by atoms with E-state index in [0.29, 0.717) is 11.8 Å². The molecule has 0 N–H and O–H groups in total. The first-order valence-electron chi connectivity index (χ1n) is 9.83. The number of amides is 1. The summed E-state index contributed by atoms with van der Waals surface area (Å²) in [5, 5.41) is 0. The van der Waals surface area contributed by atoms with Crippen molar-refractivity contribution < 1.29 is 9.53 Å². The minimum absolute atomic E-state index is 0.113. The molecule has 0 spiro atoms. The molecule has 0 aromatic heterocycles. The summed E-state index contributed by atoms with van der Waals surface area (Å²) >= 11 is 0. The second-order valence-corrected chi connectivity index (χ2v) is 8.34. The van der Waals surface area contributed by atoms with E-state index in [1.54, 1.807) is 0 Å². The first-order chi connectivity index (χ1) is 10.9. The lowest BCUT2D eigenvalue weighted by molar-refractivity contribution is 0.00807. The molecule has 1 heterocycles. The highest BCUT2D eigenvalue weighted by atomic mass is 16.6. The summed E-state index contributed by atoms with van der Waals surface area (Å²) in [5.74, 6) is 1.32. The molecule has 136 valence electrons. The predicted octanol–water partition coefficient (Wildman–Crippen LogP) is 6.02. The van der Waals surface area contributed by atoms with Crippen molar-refractivity contribution in [2.24, 2.45) is 11.8 Å². The summed E-state index contributed by atoms with van der Waals surface area (Å²) in [6, 6.07) is 0. The topological polar surface area (TPSA) is 29.5 Å². The fourth-order valence-electron chi connectivity index (χ4n) is 3.58. The second-order valence-electron chi connectivity index (χ2n) is 8.34. The molecule has 2 unspecified atom stereocenters. The Morgan fingerprint density at radius 1 is 0.957 bits per heavy atom. The van der Waals surface area contributed by atoms with Gasteiger partial charge >= 0.3 is 6.09 Å². The van der Waals surface area contributed by atoms with Crippen molar-refractivity contribution in [3.8, 4) is 0 Å². The van der Waals surface area contributed by atoms with Crippen LogP contribution in [0.1, 0.15) is 92.4 Å². The van der Waals surface area contributed by atoms with Gasteiger partial charge in [-0.3, -0.25) is 0 Å². The van der Waals surface area contributed by atoms with Gasteiger partial charge in [-0.2, -0.15) is 0 Å². The summed E-state index contributed by atoms with van der Waals surface area (Å²) in [5.41, 5.74) is -0.399. The Morgan fingerprint density at radius 3 is 1.83 bits per heavy atom. The largest absolute Gasteiger partial charge is 0.444 e. The molecule has 3 heteroatoms. The van der Waals surface area contributed by atoms with Crippen molar-refractivity contribution in [3.63, 3.8) is 0 Å². The van der Waals surface area contributed by atoms with Gasteiger partial charge < -0.3 is 9.64 Å². The number of hydrogen-bond donors (Lipinski definition) is 0. The summed E-state index contributed by atoms with van der Waals surface area (Å²) in [4.78, 5) is 14.5. The van der Waals surface area contributed by atoms with Crippen molar-refractivity contribution in [1.82, 2.24) is 4.90 Å². The van der Waals surface area contributed by atoms with Gasteiger partial charge in [0.25, 0.3) is 0 Å². The van der Waals surface area contributed by atoms with E-state index < -0.39 is 5.60 Å². The van der Waals surface area contributed by atoms with E-state index in [4.69, 9.17) is 4.74 Å². The molecule has 0 aromatic rings. The van der Waals surface area contributed by atoms with Crippen LogP contribution < -0.4 is 0 Å². The normalized spacial score (nSPS) is 22.2. The molecular formula is C20H39NO2. The van der Waals surface area contributed by atoms with E-state index >= 15 is 0 Å².